The van der Waals surface area contributed by atoms with Crippen LogP contribution in [-0.4, -0.2) is 87.3 Å². The Morgan fingerprint density at radius 2 is 1.76 bits per heavy atom. The number of para-hydroxylation sites is 2. The molecule has 0 unspecified atom stereocenters. The zero-order chi connectivity index (χ0) is 42.3. The average Bonchev–Trinajstić information content (AvgIpc) is 3.98. The number of allylic oxidation sites excluding steroid dienone is 1. The zero-order valence-corrected chi connectivity index (χ0v) is 35.6. The van der Waals surface area contributed by atoms with Crippen LogP contribution in [0.15, 0.2) is 60.7 Å². The maximum Gasteiger partial charge on any atom is 0.412 e. The smallest absolute Gasteiger partial charge is 0.412 e. The SMILES string of the molecule is CC(C)n1c(O[C@@H]2C[C@H]3C(=O)N[C@]4(C(=O)NS(=O)(=O)C5(C)CC5)C[C@H]4/C=C\CCCCC[C@H](Nc4ccccc4)C(=O)N3C2)nc2c(NC(=O)OC(C)(C)C)cccc21. The van der Waals surface area contributed by atoms with Crippen LogP contribution in [0.25, 0.3) is 11.0 Å². The molecule has 4 amide bonds. The van der Waals surface area contributed by atoms with E-state index in [4.69, 9.17) is 14.5 Å². The molecule has 3 aromatic rings. The molecule has 0 spiro atoms. The van der Waals surface area contributed by atoms with Gasteiger partial charge in [-0.1, -0.05) is 49.3 Å². The second-order valence-corrected chi connectivity index (χ2v) is 20.1. The van der Waals surface area contributed by atoms with E-state index in [0.29, 0.717) is 36.0 Å². The molecule has 2 saturated carbocycles. The van der Waals surface area contributed by atoms with E-state index in [9.17, 15) is 27.6 Å². The van der Waals surface area contributed by atoms with Crippen molar-refractivity contribution in [1.29, 1.82) is 0 Å². The van der Waals surface area contributed by atoms with E-state index >= 15 is 0 Å². The van der Waals surface area contributed by atoms with E-state index in [2.05, 4.69) is 20.7 Å². The number of nitrogens with one attached hydrogen (secondary N) is 4. The highest BCUT2D eigenvalue weighted by Crippen LogP contribution is 2.47. The number of ether oxygens (including phenoxy) is 2. The molecule has 0 radical (unpaired) electrons. The Bertz CT molecular complexity index is 2230. The van der Waals surface area contributed by atoms with Crippen molar-refractivity contribution in [3.05, 3.63) is 60.7 Å². The lowest BCUT2D eigenvalue weighted by atomic mass is 10.0. The summed E-state index contributed by atoms with van der Waals surface area (Å²) in [5.74, 6) is -2.05. The molecule has 16 heteroatoms. The lowest BCUT2D eigenvalue weighted by molar-refractivity contribution is -0.140. The van der Waals surface area contributed by atoms with E-state index in [1.165, 1.54) is 4.90 Å². The molecule has 4 N–H and O–H groups in total. The Kier molecular flexibility index (Phi) is 11.5. The monoisotopic (exact) mass is 831 g/mol. The number of hydrogen-bond donors (Lipinski definition) is 4. The van der Waals surface area contributed by atoms with Gasteiger partial charge in [-0.2, -0.15) is 4.98 Å². The first-order valence-electron chi connectivity index (χ1n) is 20.7. The number of hydrogen-bond acceptors (Lipinski definition) is 10. The number of anilines is 2. The summed E-state index contributed by atoms with van der Waals surface area (Å²) in [6.45, 7) is 10.9. The average molecular weight is 832 g/mol. The van der Waals surface area contributed by atoms with Crippen LogP contribution in [0.4, 0.5) is 16.2 Å². The van der Waals surface area contributed by atoms with Crippen molar-refractivity contribution in [2.45, 2.75) is 139 Å². The molecule has 3 fully saturated rings. The number of benzene rings is 2. The van der Waals surface area contributed by atoms with E-state index in [1.54, 1.807) is 39.8 Å². The summed E-state index contributed by atoms with van der Waals surface area (Å²) in [4.78, 5) is 62.5. The Hall–Kier alpha value is -5.12. The molecule has 5 atom stereocenters. The molecular formula is C43H57N7O8S. The number of nitrogens with zero attached hydrogens (tertiary/aromatic N) is 3. The Balaban J connectivity index is 1.21. The highest BCUT2D eigenvalue weighted by molar-refractivity contribution is 7.91. The molecule has 7 rings (SSSR count). The normalized spacial score (nSPS) is 26.4. The summed E-state index contributed by atoms with van der Waals surface area (Å²) in [6.07, 6.45) is 7.52. The fourth-order valence-corrected chi connectivity index (χ4v) is 9.34. The molecule has 2 aliphatic heterocycles. The number of carbonyl (C=O) groups excluding carboxylic acids is 4. The predicted molar refractivity (Wildman–Crippen MR) is 224 cm³/mol. The molecule has 3 heterocycles. The van der Waals surface area contributed by atoms with Crippen molar-refractivity contribution in [1.82, 2.24) is 24.5 Å². The van der Waals surface area contributed by atoms with Crippen molar-refractivity contribution >= 4 is 56.2 Å². The molecule has 59 heavy (non-hydrogen) atoms. The summed E-state index contributed by atoms with van der Waals surface area (Å²) in [6, 6.07) is 13.3. The van der Waals surface area contributed by atoms with Crippen molar-refractivity contribution in [3.63, 3.8) is 0 Å². The number of rotatable bonds is 9. The molecule has 1 saturated heterocycles. The van der Waals surface area contributed by atoms with Crippen LogP contribution in [-0.2, 0) is 29.1 Å². The van der Waals surface area contributed by atoms with Gasteiger partial charge in [0.15, 0.2) is 0 Å². The summed E-state index contributed by atoms with van der Waals surface area (Å²) in [5.41, 5.74) is 0.169. The van der Waals surface area contributed by atoms with Gasteiger partial charge in [-0.15, -0.1) is 0 Å². The summed E-state index contributed by atoms with van der Waals surface area (Å²) in [5, 5.41) is 9.17. The molecular weight excluding hydrogens is 775 g/mol. The Morgan fingerprint density at radius 3 is 2.46 bits per heavy atom. The number of amides is 4. The number of imidazole rings is 1. The van der Waals surface area contributed by atoms with Gasteiger partial charge in [-0.3, -0.25) is 29.0 Å². The van der Waals surface area contributed by atoms with Gasteiger partial charge in [0.05, 0.1) is 22.5 Å². The highest BCUT2D eigenvalue weighted by atomic mass is 32.2. The van der Waals surface area contributed by atoms with Gasteiger partial charge in [0.2, 0.25) is 21.8 Å². The van der Waals surface area contributed by atoms with Gasteiger partial charge in [-0.25, -0.2) is 13.2 Å². The first-order chi connectivity index (χ1) is 27.9. The maximum absolute atomic E-state index is 14.8. The molecule has 2 aliphatic carbocycles. The largest absolute Gasteiger partial charge is 0.459 e. The topological polar surface area (TPSA) is 190 Å². The first-order valence-corrected chi connectivity index (χ1v) is 22.2. The van der Waals surface area contributed by atoms with E-state index < -0.39 is 67.9 Å². The Labute approximate surface area is 346 Å². The van der Waals surface area contributed by atoms with Crippen LogP contribution < -0.4 is 25.4 Å². The van der Waals surface area contributed by atoms with E-state index in [-0.39, 0.29) is 37.3 Å². The predicted octanol–water partition coefficient (Wildman–Crippen LogP) is 6.19. The summed E-state index contributed by atoms with van der Waals surface area (Å²) >= 11 is 0. The molecule has 0 bridgehead atoms. The van der Waals surface area contributed by atoms with Gasteiger partial charge >= 0.3 is 6.09 Å². The maximum atomic E-state index is 14.8. The van der Waals surface area contributed by atoms with Crippen LogP contribution in [0.1, 0.15) is 105 Å². The first kappa shape index (κ1) is 42.0. The van der Waals surface area contributed by atoms with Crippen molar-refractivity contribution in [3.8, 4) is 6.01 Å². The minimum Gasteiger partial charge on any atom is -0.459 e. The van der Waals surface area contributed by atoms with E-state index in [0.717, 1.165) is 31.4 Å². The summed E-state index contributed by atoms with van der Waals surface area (Å²) < 4.78 is 41.8. The van der Waals surface area contributed by atoms with Crippen LogP contribution >= 0.6 is 0 Å². The quantitative estimate of drug-likeness (QED) is 0.181. The highest BCUT2D eigenvalue weighted by Gasteiger charge is 2.63. The third-order valence-corrected chi connectivity index (χ3v) is 13.9. The van der Waals surface area contributed by atoms with Gasteiger partial charge in [-0.05, 0) is 104 Å². The molecule has 4 aliphatic rings. The standard InChI is InChI=1S/C43H57N7O8S/c1-27(2)50-33-21-15-20-31(45-40(54)58-41(3,4)5)35(33)46-39(50)57-30-24-34-36(51)47-43(38(53)48-59(55,56)42(6)22-23-42)25-28(43)16-11-8-7-9-14-19-32(37(52)49(34)26-30)44-29-17-12-10-13-18-29/h10-13,15-18,20-21,27-28,30,32,34,44H,7-9,14,19,22-26H2,1-6H3,(H,45,54)(H,47,51)(H,48,53)/b16-11-/t28-,30-,32+,34+,43-/m1/s1. The molecule has 2 aromatic carbocycles. The minimum atomic E-state index is -3.98. The Morgan fingerprint density at radius 1 is 1.02 bits per heavy atom. The van der Waals surface area contributed by atoms with Crippen molar-refractivity contribution in [2.24, 2.45) is 5.92 Å². The van der Waals surface area contributed by atoms with Crippen LogP contribution in [0.5, 0.6) is 6.01 Å². The minimum absolute atomic E-state index is 0.0451. The van der Waals surface area contributed by atoms with Crippen molar-refractivity contribution < 1.29 is 37.1 Å². The second-order valence-electron chi connectivity index (χ2n) is 17.9. The third kappa shape index (κ3) is 9.07. The zero-order valence-electron chi connectivity index (χ0n) is 34.7. The number of fused-ring (bicyclic) bond motifs is 3. The second kappa shape index (κ2) is 16.1. The third-order valence-electron chi connectivity index (χ3n) is 11.7. The van der Waals surface area contributed by atoms with Gasteiger partial charge in [0.25, 0.3) is 11.9 Å². The number of sulfonamides is 1. The van der Waals surface area contributed by atoms with Gasteiger partial charge in [0, 0.05) is 24.1 Å². The van der Waals surface area contributed by atoms with Gasteiger partial charge in [0.1, 0.15) is 34.8 Å². The van der Waals surface area contributed by atoms with E-state index in [1.807, 2.05) is 67.0 Å². The lowest BCUT2D eigenvalue weighted by Gasteiger charge is -2.30. The lowest BCUT2D eigenvalue weighted by Crippen LogP contribution is -2.58. The van der Waals surface area contributed by atoms with Crippen LogP contribution in [0, 0.1) is 5.92 Å². The van der Waals surface area contributed by atoms with Gasteiger partial charge < -0.3 is 25.0 Å². The van der Waals surface area contributed by atoms with Crippen molar-refractivity contribution in [2.75, 3.05) is 17.2 Å². The summed E-state index contributed by atoms with van der Waals surface area (Å²) in [7, 11) is -3.98. The molecule has 318 valence electrons. The number of carbonyl (C=O) groups is 4. The molecule has 1 aromatic heterocycles. The fraction of sp³-hybridized carbons (Fsp3) is 0.558. The number of aromatic nitrogens is 2. The van der Waals surface area contributed by atoms with Crippen LogP contribution in [0.3, 0.4) is 0 Å². The molecule has 15 nitrogen and oxygen atoms in total. The fourth-order valence-electron chi connectivity index (χ4n) is 8.02. The van der Waals surface area contributed by atoms with Crippen LogP contribution in [0.2, 0.25) is 0 Å².